The van der Waals surface area contributed by atoms with Crippen LogP contribution in [-0.4, -0.2) is 74.9 Å². The Labute approximate surface area is 493 Å². The molecule has 10 heteroatoms. The van der Waals surface area contributed by atoms with Gasteiger partial charge in [-0.2, -0.15) is 0 Å². The standard InChI is InChI=1S/C70H124NO8P/c1-6-8-10-12-14-16-18-20-22-24-26-28-30-31-32-33-34-35-36-37-38-39-41-42-44-46-48-50-52-54-56-58-60-62-69(72)76-66-68(67-78-80(74,75)77-65-64-71(3,4)5)79-70(73)63-61-59-57-55-53-51-49-47-45-43-40-29-27-25-23-21-19-17-15-13-11-9-7-2/h9,11,15,17,21,23-24,26-27,29,43,45,49,51,55,57,68H,6-8,10,12-14,16,18-20,22,25,28,30-42,44,46-48,50,52-54,56,58-67H2,1-5H3/p+1/b11-9-,17-15-,23-21-,26-24-,29-27-,45-43-,51-49-,57-55-. The maximum Gasteiger partial charge on any atom is 0.472 e. The van der Waals surface area contributed by atoms with Crippen LogP contribution in [0.2, 0.25) is 0 Å². The van der Waals surface area contributed by atoms with Crippen molar-refractivity contribution < 1.29 is 42.1 Å². The van der Waals surface area contributed by atoms with Crippen molar-refractivity contribution in [2.75, 3.05) is 47.5 Å². The van der Waals surface area contributed by atoms with Crippen molar-refractivity contribution in [1.82, 2.24) is 0 Å². The fraction of sp³-hybridized carbons (Fsp3) is 0.743. The zero-order valence-corrected chi connectivity index (χ0v) is 53.4. The zero-order valence-electron chi connectivity index (χ0n) is 52.5. The van der Waals surface area contributed by atoms with Crippen LogP contribution < -0.4 is 0 Å². The van der Waals surface area contributed by atoms with Crippen molar-refractivity contribution >= 4 is 19.8 Å². The summed E-state index contributed by atoms with van der Waals surface area (Å²) >= 11 is 0. The first-order valence-corrected chi connectivity index (χ1v) is 34.5. The molecule has 0 spiro atoms. The van der Waals surface area contributed by atoms with Crippen molar-refractivity contribution in [1.29, 1.82) is 0 Å². The maximum atomic E-state index is 12.8. The van der Waals surface area contributed by atoms with Gasteiger partial charge in [-0.15, -0.1) is 0 Å². The van der Waals surface area contributed by atoms with Crippen molar-refractivity contribution in [3.05, 3.63) is 97.2 Å². The molecule has 2 atom stereocenters. The molecule has 0 bridgehead atoms. The highest BCUT2D eigenvalue weighted by molar-refractivity contribution is 7.47. The lowest BCUT2D eigenvalue weighted by Gasteiger charge is -2.24. The van der Waals surface area contributed by atoms with Gasteiger partial charge in [-0.3, -0.25) is 18.6 Å². The van der Waals surface area contributed by atoms with E-state index in [0.717, 1.165) is 64.2 Å². The third kappa shape index (κ3) is 64.1. The van der Waals surface area contributed by atoms with Gasteiger partial charge < -0.3 is 18.9 Å². The lowest BCUT2D eigenvalue weighted by molar-refractivity contribution is -0.870. The highest BCUT2D eigenvalue weighted by Gasteiger charge is 2.27. The van der Waals surface area contributed by atoms with Crippen molar-refractivity contribution in [2.45, 2.75) is 290 Å². The Balaban J connectivity index is 4.10. The number of carbonyl (C=O) groups excluding carboxylic acids is 2. The van der Waals surface area contributed by atoms with Gasteiger partial charge >= 0.3 is 19.8 Å². The Kier molecular flexibility index (Phi) is 58.2. The van der Waals surface area contributed by atoms with Crippen LogP contribution >= 0.6 is 7.82 Å². The normalized spacial score (nSPS) is 13.8. The van der Waals surface area contributed by atoms with Crippen LogP contribution in [0.15, 0.2) is 97.2 Å². The molecule has 0 aromatic rings. The highest BCUT2D eigenvalue weighted by Crippen LogP contribution is 2.43. The number of nitrogens with zero attached hydrogens (tertiary/aromatic N) is 1. The third-order valence-corrected chi connectivity index (χ3v) is 15.1. The second kappa shape index (κ2) is 60.5. The van der Waals surface area contributed by atoms with Crippen LogP contribution in [0, 0.1) is 0 Å². The van der Waals surface area contributed by atoms with E-state index in [-0.39, 0.29) is 32.0 Å². The van der Waals surface area contributed by atoms with Gasteiger partial charge in [0, 0.05) is 12.8 Å². The molecular weight excluding hydrogens is 1010 g/mol. The summed E-state index contributed by atoms with van der Waals surface area (Å²) in [5, 5.41) is 0. The van der Waals surface area contributed by atoms with Gasteiger partial charge in [0.05, 0.1) is 27.7 Å². The summed E-state index contributed by atoms with van der Waals surface area (Å²) in [5.74, 6) is -0.863. The van der Waals surface area contributed by atoms with E-state index in [1.165, 1.54) is 180 Å². The number of rotatable bonds is 60. The number of carbonyl (C=O) groups is 2. The van der Waals surface area contributed by atoms with Crippen LogP contribution in [0.3, 0.4) is 0 Å². The van der Waals surface area contributed by atoms with E-state index >= 15 is 0 Å². The number of allylic oxidation sites excluding steroid dienone is 16. The minimum atomic E-state index is -4.41. The predicted molar refractivity (Wildman–Crippen MR) is 344 cm³/mol. The summed E-state index contributed by atoms with van der Waals surface area (Å²) in [6.45, 7) is 4.27. The van der Waals surface area contributed by atoms with E-state index in [1.54, 1.807) is 0 Å². The molecule has 0 rings (SSSR count). The van der Waals surface area contributed by atoms with Gasteiger partial charge in [-0.1, -0.05) is 278 Å². The molecule has 0 saturated heterocycles. The van der Waals surface area contributed by atoms with Crippen LogP contribution in [-0.2, 0) is 32.7 Å². The number of phosphoric acid groups is 1. The molecule has 80 heavy (non-hydrogen) atoms. The molecule has 0 heterocycles. The van der Waals surface area contributed by atoms with E-state index in [4.69, 9.17) is 18.5 Å². The Hall–Kier alpha value is -3.07. The van der Waals surface area contributed by atoms with E-state index < -0.39 is 26.5 Å². The van der Waals surface area contributed by atoms with Gasteiger partial charge in [0.1, 0.15) is 19.8 Å². The molecule has 0 saturated carbocycles. The number of quaternary nitrogens is 1. The number of esters is 2. The monoisotopic (exact) mass is 1140 g/mol. The SMILES string of the molecule is CC/C=C\C/C=C\C/C=C\C/C=C\C/C=C\C/C=C\C/C=C\CCCC(=O)OC(COC(=O)CCCCCCCCCCCCCCCCCCCCCCC/C=C\CCCCCCCCCC)COP(=O)(O)OCC[N+](C)(C)C. The Morgan fingerprint density at radius 2 is 0.725 bits per heavy atom. The first-order chi connectivity index (χ1) is 39.0. The van der Waals surface area contributed by atoms with Crippen molar-refractivity contribution in [3.8, 4) is 0 Å². The van der Waals surface area contributed by atoms with E-state index in [9.17, 15) is 19.0 Å². The molecular formula is C70H125NO8P+. The Morgan fingerprint density at radius 3 is 1.11 bits per heavy atom. The van der Waals surface area contributed by atoms with Crippen LogP contribution in [0.5, 0.6) is 0 Å². The predicted octanol–water partition coefficient (Wildman–Crippen LogP) is 21.2. The molecule has 1 N–H and O–H groups in total. The molecule has 0 aliphatic rings. The number of hydrogen-bond acceptors (Lipinski definition) is 7. The molecule has 0 aliphatic heterocycles. The molecule has 2 unspecified atom stereocenters. The van der Waals surface area contributed by atoms with E-state index in [1.807, 2.05) is 21.1 Å². The fourth-order valence-electron chi connectivity index (χ4n) is 9.06. The summed E-state index contributed by atoms with van der Waals surface area (Å²) in [7, 11) is 1.44. The number of likely N-dealkylation sites (N-methyl/N-ethyl adjacent to an activating group) is 1. The summed E-state index contributed by atoms with van der Waals surface area (Å²) in [4.78, 5) is 35.8. The molecule has 0 aromatic heterocycles. The van der Waals surface area contributed by atoms with Crippen LogP contribution in [0.25, 0.3) is 0 Å². The number of unbranched alkanes of at least 4 members (excludes halogenated alkanes) is 30. The number of hydrogen-bond donors (Lipinski definition) is 1. The Bertz CT molecular complexity index is 1670. The lowest BCUT2D eigenvalue weighted by Crippen LogP contribution is -2.37. The quantitative estimate of drug-likeness (QED) is 0.0211. The van der Waals surface area contributed by atoms with Gasteiger partial charge in [0.25, 0.3) is 0 Å². The minimum absolute atomic E-state index is 0.0170. The molecule has 0 radical (unpaired) electrons. The van der Waals surface area contributed by atoms with Gasteiger partial charge in [-0.05, 0) is 89.9 Å². The van der Waals surface area contributed by atoms with Gasteiger partial charge in [0.15, 0.2) is 6.10 Å². The molecule has 9 nitrogen and oxygen atoms in total. The first-order valence-electron chi connectivity index (χ1n) is 33.0. The zero-order chi connectivity index (χ0) is 58.4. The van der Waals surface area contributed by atoms with E-state index in [2.05, 4.69) is 111 Å². The summed E-state index contributed by atoms with van der Waals surface area (Å²) in [5.41, 5.74) is 0. The first kappa shape index (κ1) is 76.9. The molecule has 462 valence electrons. The fourth-order valence-corrected chi connectivity index (χ4v) is 9.80. The molecule has 0 amide bonds. The minimum Gasteiger partial charge on any atom is -0.462 e. The largest absolute Gasteiger partial charge is 0.472 e. The molecule has 0 aliphatic carbocycles. The van der Waals surface area contributed by atoms with Crippen LogP contribution in [0.4, 0.5) is 0 Å². The van der Waals surface area contributed by atoms with Crippen molar-refractivity contribution in [3.63, 3.8) is 0 Å². The van der Waals surface area contributed by atoms with Crippen molar-refractivity contribution in [2.24, 2.45) is 0 Å². The van der Waals surface area contributed by atoms with Gasteiger partial charge in [-0.25, -0.2) is 4.57 Å². The summed E-state index contributed by atoms with van der Waals surface area (Å²) < 4.78 is 34.6. The van der Waals surface area contributed by atoms with Gasteiger partial charge in [0.2, 0.25) is 0 Å². The van der Waals surface area contributed by atoms with E-state index in [0.29, 0.717) is 23.9 Å². The number of ether oxygens (including phenoxy) is 2. The highest BCUT2D eigenvalue weighted by atomic mass is 31.2. The number of phosphoric ester groups is 1. The average molecular weight is 1140 g/mol. The molecule has 0 aromatic carbocycles. The maximum absolute atomic E-state index is 12.8. The average Bonchev–Trinajstić information content (AvgIpc) is 3.42. The third-order valence-electron chi connectivity index (χ3n) is 14.1. The second-order valence-corrected chi connectivity index (χ2v) is 24.6. The molecule has 0 fully saturated rings. The Morgan fingerprint density at radius 1 is 0.400 bits per heavy atom. The lowest BCUT2D eigenvalue weighted by atomic mass is 10.0. The topological polar surface area (TPSA) is 108 Å². The summed E-state index contributed by atoms with van der Waals surface area (Å²) in [6.07, 6.45) is 83.8. The van der Waals surface area contributed by atoms with Crippen LogP contribution in [0.1, 0.15) is 284 Å². The summed E-state index contributed by atoms with van der Waals surface area (Å²) in [6, 6.07) is 0. The smallest absolute Gasteiger partial charge is 0.462 e. The second-order valence-electron chi connectivity index (χ2n) is 23.1.